The van der Waals surface area contributed by atoms with E-state index in [1.807, 2.05) is 6.92 Å². The second-order valence-electron chi connectivity index (χ2n) is 3.33. The molecule has 1 rings (SSSR count). The highest BCUT2D eigenvalue weighted by atomic mass is 35.5. The molecular formula is C10H12Cl2N2O. The molecule has 0 aliphatic heterocycles. The van der Waals surface area contributed by atoms with Crippen LogP contribution in [-0.4, -0.2) is 23.3 Å². The quantitative estimate of drug-likeness (QED) is 0.829. The van der Waals surface area contributed by atoms with Crippen LogP contribution in [0.15, 0.2) is 18.3 Å². The highest BCUT2D eigenvalue weighted by Gasteiger charge is 2.07. The molecule has 1 aromatic rings. The van der Waals surface area contributed by atoms with Crippen LogP contribution in [0.5, 0.6) is 0 Å². The van der Waals surface area contributed by atoms with Gasteiger partial charge >= 0.3 is 0 Å². The monoisotopic (exact) mass is 246 g/mol. The number of hydrogen-bond acceptors (Lipinski definition) is 2. The Labute approximate surface area is 98.8 Å². The second-order valence-corrected chi connectivity index (χ2v) is 4.08. The summed E-state index contributed by atoms with van der Waals surface area (Å²) < 4.78 is 0. The zero-order chi connectivity index (χ0) is 11.3. The number of rotatable bonds is 4. The summed E-state index contributed by atoms with van der Waals surface area (Å²) in [6.45, 7) is 2.51. The van der Waals surface area contributed by atoms with E-state index >= 15 is 0 Å². The Hall–Kier alpha value is -0.800. The Balaban J connectivity index is 2.50. The molecule has 1 amide bonds. The van der Waals surface area contributed by atoms with E-state index in [9.17, 15) is 4.79 Å². The van der Waals surface area contributed by atoms with Crippen LogP contribution in [-0.2, 0) is 0 Å². The van der Waals surface area contributed by atoms with Crippen molar-refractivity contribution >= 4 is 29.1 Å². The molecule has 3 nitrogen and oxygen atoms in total. The van der Waals surface area contributed by atoms with Crippen molar-refractivity contribution in [2.75, 3.05) is 12.4 Å². The third-order valence-corrected chi connectivity index (χ3v) is 2.58. The number of pyridine rings is 1. The van der Waals surface area contributed by atoms with Crippen LogP contribution in [0.3, 0.4) is 0 Å². The minimum Gasteiger partial charge on any atom is -0.350 e. The van der Waals surface area contributed by atoms with Gasteiger partial charge in [0, 0.05) is 18.6 Å². The van der Waals surface area contributed by atoms with Gasteiger partial charge in [-0.25, -0.2) is 4.98 Å². The number of aromatic nitrogens is 1. The Bertz CT molecular complexity index is 327. The van der Waals surface area contributed by atoms with Crippen molar-refractivity contribution in [1.82, 2.24) is 10.3 Å². The lowest BCUT2D eigenvalue weighted by molar-refractivity contribution is 0.0944. The van der Waals surface area contributed by atoms with E-state index in [4.69, 9.17) is 23.2 Å². The zero-order valence-electron chi connectivity index (χ0n) is 8.34. The number of amides is 1. The van der Waals surface area contributed by atoms with Gasteiger partial charge in [0.2, 0.25) is 0 Å². The lowest BCUT2D eigenvalue weighted by Gasteiger charge is -2.08. The predicted octanol–water partition coefficient (Wildman–Crippen LogP) is 2.34. The summed E-state index contributed by atoms with van der Waals surface area (Å²) in [4.78, 5) is 15.4. The van der Waals surface area contributed by atoms with Crippen molar-refractivity contribution in [3.63, 3.8) is 0 Å². The number of carbonyl (C=O) groups is 1. The van der Waals surface area contributed by atoms with Gasteiger partial charge in [-0.15, -0.1) is 11.6 Å². The number of nitrogens with zero attached hydrogens (tertiary/aromatic N) is 1. The van der Waals surface area contributed by atoms with Gasteiger partial charge in [0.25, 0.3) is 5.91 Å². The molecule has 15 heavy (non-hydrogen) atoms. The molecule has 1 atom stereocenters. The number of halogens is 2. The Morgan fingerprint density at radius 2 is 2.33 bits per heavy atom. The van der Waals surface area contributed by atoms with Gasteiger partial charge in [-0.3, -0.25) is 4.79 Å². The number of hydrogen-bond donors (Lipinski definition) is 1. The maximum absolute atomic E-state index is 11.5. The topological polar surface area (TPSA) is 42.0 Å². The fourth-order valence-electron chi connectivity index (χ4n) is 0.922. The minimum atomic E-state index is -0.205. The lowest BCUT2D eigenvalue weighted by Crippen LogP contribution is -2.29. The molecule has 5 heteroatoms. The Morgan fingerprint density at radius 3 is 2.87 bits per heavy atom. The smallest absolute Gasteiger partial charge is 0.269 e. The van der Waals surface area contributed by atoms with Crippen LogP contribution in [0.4, 0.5) is 0 Å². The summed E-state index contributed by atoms with van der Waals surface area (Å²) in [5, 5.41) is 3.25. The van der Waals surface area contributed by atoms with E-state index in [-0.39, 0.29) is 11.8 Å². The van der Waals surface area contributed by atoms with Gasteiger partial charge in [0.15, 0.2) is 0 Å². The molecule has 0 spiro atoms. The molecular weight excluding hydrogens is 235 g/mol. The van der Waals surface area contributed by atoms with Gasteiger partial charge < -0.3 is 5.32 Å². The van der Waals surface area contributed by atoms with E-state index in [0.29, 0.717) is 23.1 Å². The first-order valence-electron chi connectivity index (χ1n) is 4.59. The van der Waals surface area contributed by atoms with Crippen molar-refractivity contribution in [3.05, 3.63) is 29.0 Å². The summed E-state index contributed by atoms with van der Waals surface area (Å²) in [6.07, 6.45) is 1.45. The molecule has 0 fully saturated rings. The molecule has 1 aromatic heterocycles. The van der Waals surface area contributed by atoms with E-state index in [2.05, 4.69) is 10.3 Å². The van der Waals surface area contributed by atoms with Crippen molar-refractivity contribution in [2.45, 2.75) is 6.92 Å². The van der Waals surface area contributed by atoms with Crippen molar-refractivity contribution in [3.8, 4) is 0 Å². The molecule has 82 valence electrons. The van der Waals surface area contributed by atoms with Crippen LogP contribution < -0.4 is 5.32 Å². The first-order chi connectivity index (χ1) is 7.13. The molecule has 0 aliphatic carbocycles. The Kier molecular flexibility index (Phi) is 4.85. The Morgan fingerprint density at radius 1 is 1.60 bits per heavy atom. The van der Waals surface area contributed by atoms with E-state index in [1.54, 1.807) is 12.1 Å². The summed E-state index contributed by atoms with van der Waals surface area (Å²) in [5.74, 6) is 0.570. The fraction of sp³-hybridized carbons (Fsp3) is 0.400. The molecule has 0 radical (unpaired) electrons. The number of nitrogens with one attached hydrogen (secondary N) is 1. The van der Waals surface area contributed by atoms with Crippen molar-refractivity contribution in [1.29, 1.82) is 0 Å². The molecule has 1 unspecified atom stereocenters. The molecule has 1 N–H and O–H groups in total. The van der Waals surface area contributed by atoms with Crippen LogP contribution in [0.25, 0.3) is 0 Å². The van der Waals surface area contributed by atoms with Gasteiger partial charge in [-0.1, -0.05) is 18.5 Å². The molecule has 0 saturated heterocycles. The van der Waals surface area contributed by atoms with Crippen molar-refractivity contribution in [2.24, 2.45) is 5.92 Å². The molecule has 0 aromatic carbocycles. The maximum atomic E-state index is 11.5. The van der Waals surface area contributed by atoms with Crippen molar-refractivity contribution < 1.29 is 4.79 Å². The predicted molar refractivity (Wildman–Crippen MR) is 61.5 cm³/mol. The van der Waals surface area contributed by atoms with E-state index in [1.165, 1.54) is 6.20 Å². The summed E-state index contributed by atoms with van der Waals surface area (Å²) in [6, 6.07) is 3.22. The first kappa shape index (κ1) is 12.3. The average molecular weight is 247 g/mol. The van der Waals surface area contributed by atoms with E-state index in [0.717, 1.165) is 0 Å². The van der Waals surface area contributed by atoms with E-state index < -0.39 is 0 Å². The maximum Gasteiger partial charge on any atom is 0.269 e. The van der Waals surface area contributed by atoms with Crippen LogP contribution in [0.2, 0.25) is 5.02 Å². The molecule has 0 aliphatic rings. The molecule has 0 saturated carbocycles. The fourth-order valence-corrected chi connectivity index (χ4v) is 1.14. The lowest BCUT2D eigenvalue weighted by atomic mass is 10.2. The van der Waals surface area contributed by atoms with Gasteiger partial charge in [-0.05, 0) is 18.1 Å². The molecule has 0 bridgehead atoms. The van der Waals surface area contributed by atoms with Crippen LogP contribution in [0, 0.1) is 5.92 Å². The average Bonchev–Trinajstić information content (AvgIpc) is 2.26. The first-order valence-corrected chi connectivity index (χ1v) is 5.50. The van der Waals surface area contributed by atoms with Crippen LogP contribution in [0.1, 0.15) is 17.4 Å². The SMILES string of the molecule is CC(CCl)CNC(=O)c1ccc(Cl)cn1. The number of alkyl halides is 1. The van der Waals surface area contributed by atoms with Gasteiger partial charge in [-0.2, -0.15) is 0 Å². The summed E-state index contributed by atoms with van der Waals surface area (Å²) in [5.41, 5.74) is 0.362. The van der Waals surface area contributed by atoms with Crippen LogP contribution >= 0.6 is 23.2 Å². The summed E-state index contributed by atoms with van der Waals surface area (Å²) in [7, 11) is 0. The third-order valence-electron chi connectivity index (χ3n) is 1.83. The minimum absolute atomic E-state index is 0.205. The highest BCUT2D eigenvalue weighted by molar-refractivity contribution is 6.30. The second kappa shape index (κ2) is 5.93. The standard InChI is InChI=1S/C10H12Cl2N2O/c1-7(4-11)5-14-10(15)9-3-2-8(12)6-13-9/h2-3,6-7H,4-5H2,1H3,(H,14,15). The summed E-state index contributed by atoms with van der Waals surface area (Å²) >= 11 is 11.3. The molecule has 1 heterocycles. The normalized spacial score (nSPS) is 12.2. The number of carbonyl (C=O) groups excluding carboxylic acids is 1. The highest BCUT2D eigenvalue weighted by Crippen LogP contribution is 2.06. The third kappa shape index (κ3) is 4.06. The zero-order valence-corrected chi connectivity index (χ0v) is 9.85. The largest absolute Gasteiger partial charge is 0.350 e. The van der Waals surface area contributed by atoms with Gasteiger partial charge in [0.1, 0.15) is 5.69 Å². The van der Waals surface area contributed by atoms with Gasteiger partial charge in [0.05, 0.1) is 5.02 Å².